The maximum absolute atomic E-state index is 6.12. The Morgan fingerprint density at radius 2 is 1.89 bits per heavy atom. The molecule has 0 radical (unpaired) electrons. The lowest BCUT2D eigenvalue weighted by Gasteiger charge is -2.29. The van der Waals surface area contributed by atoms with Crippen LogP contribution in [0.4, 0.5) is 0 Å². The lowest BCUT2D eigenvalue weighted by Crippen LogP contribution is -2.45. The molecule has 1 unspecified atom stereocenters. The van der Waals surface area contributed by atoms with Crippen molar-refractivity contribution in [3.63, 3.8) is 0 Å². The van der Waals surface area contributed by atoms with Crippen LogP contribution in [0.5, 0.6) is 0 Å². The number of likely N-dealkylation sites (tertiary alicyclic amines) is 1. The number of nitrogens with zero attached hydrogens (tertiary/aromatic N) is 1. The summed E-state index contributed by atoms with van der Waals surface area (Å²) in [6.07, 6.45) is 1.23. The Labute approximate surface area is 111 Å². The molecule has 1 aliphatic heterocycles. The van der Waals surface area contributed by atoms with Crippen molar-refractivity contribution < 1.29 is 0 Å². The Balaban J connectivity index is 2.08. The van der Waals surface area contributed by atoms with Gasteiger partial charge in [0, 0.05) is 24.0 Å². The molecule has 2 N–H and O–H groups in total. The molecule has 0 amide bonds. The number of nitrogens with two attached hydrogens (primary N) is 1. The second-order valence-corrected chi connectivity index (χ2v) is 6.88. The van der Waals surface area contributed by atoms with E-state index < -0.39 is 0 Å². The SMILES string of the molecule is Cc1ccc(C2(C)CCN(CC(C)(C)N)C2)cc1. The molecule has 0 bridgehead atoms. The second-order valence-electron chi connectivity index (χ2n) is 6.88. The fourth-order valence-electron chi connectivity index (χ4n) is 2.96. The van der Waals surface area contributed by atoms with Gasteiger partial charge in [-0.15, -0.1) is 0 Å². The van der Waals surface area contributed by atoms with E-state index in [1.54, 1.807) is 0 Å². The third kappa shape index (κ3) is 3.12. The summed E-state index contributed by atoms with van der Waals surface area (Å²) in [6, 6.07) is 9.01. The molecule has 0 aliphatic carbocycles. The van der Waals surface area contributed by atoms with E-state index in [0.717, 1.165) is 19.6 Å². The summed E-state index contributed by atoms with van der Waals surface area (Å²) in [5.74, 6) is 0. The highest BCUT2D eigenvalue weighted by Crippen LogP contribution is 2.34. The highest BCUT2D eigenvalue weighted by Gasteiger charge is 2.36. The average molecular weight is 246 g/mol. The normalized spacial score (nSPS) is 25.6. The van der Waals surface area contributed by atoms with E-state index in [1.807, 2.05) is 0 Å². The summed E-state index contributed by atoms with van der Waals surface area (Å²) in [4.78, 5) is 2.50. The van der Waals surface area contributed by atoms with Gasteiger partial charge in [-0.2, -0.15) is 0 Å². The van der Waals surface area contributed by atoms with E-state index in [-0.39, 0.29) is 5.54 Å². The Hall–Kier alpha value is -0.860. The fourth-order valence-corrected chi connectivity index (χ4v) is 2.96. The summed E-state index contributed by atoms with van der Waals surface area (Å²) >= 11 is 0. The molecule has 1 heterocycles. The van der Waals surface area contributed by atoms with Crippen LogP contribution in [-0.2, 0) is 5.41 Å². The van der Waals surface area contributed by atoms with Crippen LogP contribution in [0.3, 0.4) is 0 Å². The molecular weight excluding hydrogens is 220 g/mol. The molecule has 1 fully saturated rings. The molecule has 1 atom stereocenters. The van der Waals surface area contributed by atoms with E-state index in [1.165, 1.54) is 17.5 Å². The van der Waals surface area contributed by atoms with E-state index in [4.69, 9.17) is 5.73 Å². The summed E-state index contributed by atoms with van der Waals surface area (Å²) in [5.41, 5.74) is 9.11. The van der Waals surface area contributed by atoms with Crippen LogP contribution in [0, 0.1) is 6.92 Å². The van der Waals surface area contributed by atoms with Gasteiger partial charge in [-0.25, -0.2) is 0 Å². The van der Waals surface area contributed by atoms with Gasteiger partial charge in [0.15, 0.2) is 0 Å². The summed E-state index contributed by atoms with van der Waals surface area (Å²) < 4.78 is 0. The number of hydrogen-bond acceptors (Lipinski definition) is 2. The van der Waals surface area contributed by atoms with Gasteiger partial charge in [-0.05, 0) is 39.3 Å². The molecule has 1 saturated heterocycles. The molecule has 0 spiro atoms. The summed E-state index contributed by atoms with van der Waals surface area (Å²) in [6.45, 7) is 12.0. The molecular formula is C16H26N2. The second kappa shape index (κ2) is 4.67. The van der Waals surface area contributed by atoms with Crippen molar-refractivity contribution in [3.8, 4) is 0 Å². The van der Waals surface area contributed by atoms with Crippen molar-refractivity contribution in [2.75, 3.05) is 19.6 Å². The maximum Gasteiger partial charge on any atom is 0.0226 e. The van der Waals surface area contributed by atoms with Crippen LogP contribution in [0.1, 0.15) is 38.3 Å². The van der Waals surface area contributed by atoms with Gasteiger partial charge in [0.05, 0.1) is 0 Å². The quantitative estimate of drug-likeness (QED) is 0.888. The fraction of sp³-hybridized carbons (Fsp3) is 0.625. The van der Waals surface area contributed by atoms with Crippen LogP contribution in [-0.4, -0.2) is 30.1 Å². The van der Waals surface area contributed by atoms with Gasteiger partial charge in [-0.1, -0.05) is 36.8 Å². The number of benzene rings is 1. The Kier molecular flexibility index (Phi) is 3.52. The molecule has 1 aromatic carbocycles. The molecule has 2 heteroatoms. The van der Waals surface area contributed by atoms with Gasteiger partial charge < -0.3 is 10.6 Å². The zero-order chi connectivity index (χ0) is 13.4. The minimum absolute atomic E-state index is 0.0987. The Morgan fingerprint density at radius 1 is 1.28 bits per heavy atom. The maximum atomic E-state index is 6.12. The highest BCUT2D eigenvalue weighted by molar-refractivity contribution is 5.29. The number of rotatable bonds is 3. The largest absolute Gasteiger partial charge is 0.324 e. The molecule has 2 rings (SSSR count). The Bertz CT molecular complexity index is 402. The van der Waals surface area contributed by atoms with Crippen LogP contribution in [0.2, 0.25) is 0 Å². The van der Waals surface area contributed by atoms with E-state index in [2.05, 4.69) is 56.9 Å². The van der Waals surface area contributed by atoms with Crippen LogP contribution in [0.15, 0.2) is 24.3 Å². The van der Waals surface area contributed by atoms with Crippen molar-refractivity contribution in [3.05, 3.63) is 35.4 Å². The predicted octanol–water partition coefficient (Wildman–Crippen LogP) is 2.70. The average Bonchev–Trinajstić information content (AvgIpc) is 2.59. The topological polar surface area (TPSA) is 29.3 Å². The van der Waals surface area contributed by atoms with E-state index in [9.17, 15) is 0 Å². The summed E-state index contributed by atoms with van der Waals surface area (Å²) in [5, 5.41) is 0. The van der Waals surface area contributed by atoms with Gasteiger partial charge in [0.2, 0.25) is 0 Å². The van der Waals surface area contributed by atoms with Gasteiger partial charge in [0.25, 0.3) is 0 Å². The number of hydrogen-bond donors (Lipinski definition) is 1. The lowest BCUT2D eigenvalue weighted by atomic mass is 9.81. The molecule has 100 valence electrons. The van der Waals surface area contributed by atoms with Crippen molar-refractivity contribution in [1.29, 1.82) is 0 Å². The Morgan fingerprint density at radius 3 is 2.44 bits per heavy atom. The van der Waals surface area contributed by atoms with Crippen molar-refractivity contribution in [1.82, 2.24) is 4.90 Å². The third-order valence-electron chi connectivity index (χ3n) is 3.93. The highest BCUT2D eigenvalue weighted by atomic mass is 15.2. The molecule has 2 nitrogen and oxygen atoms in total. The first-order chi connectivity index (χ1) is 8.28. The molecule has 18 heavy (non-hydrogen) atoms. The monoisotopic (exact) mass is 246 g/mol. The zero-order valence-corrected chi connectivity index (χ0v) is 12.2. The van der Waals surface area contributed by atoms with E-state index in [0.29, 0.717) is 5.41 Å². The molecule has 1 aromatic rings. The van der Waals surface area contributed by atoms with Crippen molar-refractivity contribution in [2.24, 2.45) is 5.73 Å². The van der Waals surface area contributed by atoms with Crippen LogP contribution in [0.25, 0.3) is 0 Å². The molecule has 1 aliphatic rings. The predicted molar refractivity (Wildman–Crippen MR) is 77.9 cm³/mol. The minimum atomic E-state index is -0.0987. The van der Waals surface area contributed by atoms with Crippen molar-refractivity contribution in [2.45, 2.75) is 45.1 Å². The zero-order valence-electron chi connectivity index (χ0n) is 12.2. The van der Waals surface area contributed by atoms with Gasteiger partial charge >= 0.3 is 0 Å². The summed E-state index contributed by atoms with van der Waals surface area (Å²) in [7, 11) is 0. The third-order valence-corrected chi connectivity index (χ3v) is 3.93. The first kappa shape index (κ1) is 13.6. The first-order valence-corrected chi connectivity index (χ1v) is 6.87. The van der Waals surface area contributed by atoms with Crippen molar-refractivity contribution >= 4 is 0 Å². The smallest absolute Gasteiger partial charge is 0.0226 e. The lowest BCUT2D eigenvalue weighted by molar-refractivity contribution is 0.258. The van der Waals surface area contributed by atoms with E-state index >= 15 is 0 Å². The van der Waals surface area contributed by atoms with Crippen LogP contribution >= 0.6 is 0 Å². The minimum Gasteiger partial charge on any atom is -0.324 e. The van der Waals surface area contributed by atoms with Gasteiger partial charge in [0.1, 0.15) is 0 Å². The van der Waals surface area contributed by atoms with Crippen LogP contribution < -0.4 is 5.73 Å². The molecule has 0 saturated carbocycles. The standard InChI is InChI=1S/C16H26N2/c1-13-5-7-14(8-6-13)16(4)9-10-18(12-16)11-15(2,3)17/h5-8H,9-12,17H2,1-4H3. The number of aryl methyl sites for hydroxylation is 1. The first-order valence-electron chi connectivity index (χ1n) is 6.87. The van der Waals surface area contributed by atoms with Gasteiger partial charge in [-0.3, -0.25) is 0 Å². The molecule has 0 aromatic heterocycles.